The highest BCUT2D eigenvalue weighted by Gasteiger charge is 2.32. The van der Waals surface area contributed by atoms with E-state index in [2.05, 4.69) is 20.7 Å². The fraction of sp³-hybridized carbons (Fsp3) is 0.179. The Kier molecular flexibility index (Phi) is 6.85. The van der Waals surface area contributed by atoms with Crippen LogP contribution in [0.5, 0.6) is 0 Å². The van der Waals surface area contributed by atoms with Crippen molar-refractivity contribution >= 4 is 17.6 Å². The van der Waals surface area contributed by atoms with Gasteiger partial charge in [0, 0.05) is 30.4 Å². The summed E-state index contributed by atoms with van der Waals surface area (Å²) >= 11 is 0. The number of halogens is 1. The van der Waals surface area contributed by atoms with E-state index >= 15 is 0 Å². The van der Waals surface area contributed by atoms with E-state index in [0.717, 1.165) is 18.4 Å². The highest BCUT2D eigenvalue weighted by Crippen LogP contribution is 2.20. The van der Waals surface area contributed by atoms with Crippen LogP contribution < -0.4 is 10.6 Å². The smallest absolute Gasteiger partial charge is 0.289 e. The molecule has 186 valence electrons. The number of ketones is 1. The summed E-state index contributed by atoms with van der Waals surface area (Å²) in [5, 5.41) is 9.93. The van der Waals surface area contributed by atoms with Gasteiger partial charge in [0.2, 0.25) is 5.78 Å². The molecule has 1 aliphatic rings. The van der Waals surface area contributed by atoms with Crippen LogP contribution in [0.15, 0.2) is 85.2 Å². The Morgan fingerprint density at radius 1 is 0.973 bits per heavy atom. The topological polar surface area (TPSA) is 106 Å². The van der Waals surface area contributed by atoms with E-state index in [-0.39, 0.29) is 23.8 Å². The van der Waals surface area contributed by atoms with Gasteiger partial charge in [0.25, 0.3) is 11.8 Å². The molecular weight excluding hydrogens is 473 g/mol. The van der Waals surface area contributed by atoms with Crippen molar-refractivity contribution in [1.29, 1.82) is 0 Å². The average Bonchev–Trinajstić information content (AvgIpc) is 3.60. The Bertz CT molecular complexity index is 1430. The number of amides is 2. The number of carbonyl (C=O) groups excluding carboxylic acids is 3. The Morgan fingerprint density at radius 2 is 1.73 bits per heavy atom. The minimum absolute atomic E-state index is 0.0119. The molecule has 0 radical (unpaired) electrons. The van der Waals surface area contributed by atoms with Gasteiger partial charge >= 0.3 is 0 Å². The molecule has 0 aliphatic heterocycles. The largest absolute Gasteiger partial charge is 0.347 e. The molecule has 1 atom stereocenters. The zero-order valence-corrected chi connectivity index (χ0v) is 19.8. The molecule has 2 N–H and O–H groups in total. The van der Waals surface area contributed by atoms with Gasteiger partial charge in [-0.2, -0.15) is 5.10 Å². The van der Waals surface area contributed by atoms with Gasteiger partial charge in [0.05, 0.1) is 11.3 Å². The Hall–Kier alpha value is -4.66. The molecule has 8 nitrogen and oxygen atoms in total. The van der Waals surface area contributed by atoms with Crippen molar-refractivity contribution in [1.82, 2.24) is 25.4 Å². The lowest BCUT2D eigenvalue weighted by Gasteiger charge is -2.18. The number of rotatable bonds is 9. The molecule has 0 saturated heterocycles. The van der Waals surface area contributed by atoms with Crippen LogP contribution in [-0.4, -0.2) is 44.4 Å². The summed E-state index contributed by atoms with van der Waals surface area (Å²) in [6.45, 7) is 0. The molecule has 0 bridgehead atoms. The molecule has 0 spiro atoms. The Balaban J connectivity index is 1.40. The van der Waals surface area contributed by atoms with Crippen molar-refractivity contribution in [2.75, 3.05) is 0 Å². The third-order valence-electron chi connectivity index (χ3n) is 6.02. The van der Waals surface area contributed by atoms with Crippen molar-refractivity contribution in [2.24, 2.45) is 0 Å². The van der Waals surface area contributed by atoms with Crippen molar-refractivity contribution in [3.8, 4) is 17.1 Å². The SMILES string of the molecule is O=C(NC1CC1)C(=O)[C@H](Cc1ccc(F)cc1)NC(=O)c1cccnc1-n1ccc(-c2ccccc2)n1. The number of carbonyl (C=O) groups is 3. The summed E-state index contributed by atoms with van der Waals surface area (Å²) in [5.74, 6) is -2.24. The van der Waals surface area contributed by atoms with Crippen LogP contribution in [0.3, 0.4) is 0 Å². The first-order valence-electron chi connectivity index (χ1n) is 11.9. The van der Waals surface area contributed by atoms with Crippen LogP contribution in [0.2, 0.25) is 0 Å². The molecule has 0 unspecified atom stereocenters. The molecule has 2 heterocycles. The molecule has 4 aromatic rings. The molecule has 1 aliphatic carbocycles. The summed E-state index contributed by atoms with van der Waals surface area (Å²) in [6, 6.07) is 19.0. The third kappa shape index (κ3) is 5.78. The van der Waals surface area contributed by atoms with Crippen LogP contribution >= 0.6 is 0 Å². The minimum Gasteiger partial charge on any atom is -0.347 e. The van der Waals surface area contributed by atoms with E-state index in [4.69, 9.17) is 0 Å². The van der Waals surface area contributed by atoms with E-state index in [1.54, 1.807) is 24.5 Å². The number of aromatic nitrogens is 3. The lowest BCUT2D eigenvalue weighted by molar-refractivity contribution is -0.139. The highest BCUT2D eigenvalue weighted by molar-refractivity contribution is 6.38. The number of Topliss-reactive ketones (excluding diaryl/α,β-unsaturated/α-hetero) is 1. The molecule has 9 heteroatoms. The quantitative estimate of drug-likeness (QED) is 0.345. The molecule has 2 amide bonds. The predicted octanol–water partition coefficient (Wildman–Crippen LogP) is 3.26. The summed E-state index contributed by atoms with van der Waals surface area (Å²) < 4.78 is 14.9. The van der Waals surface area contributed by atoms with Crippen LogP contribution in [-0.2, 0) is 16.0 Å². The van der Waals surface area contributed by atoms with Crippen molar-refractivity contribution in [2.45, 2.75) is 31.3 Å². The van der Waals surface area contributed by atoms with Gasteiger partial charge < -0.3 is 10.6 Å². The van der Waals surface area contributed by atoms with Crippen molar-refractivity contribution in [3.05, 3.63) is 102 Å². The van der Waals surface area contributed by atoms with Gasteiger partial charge in [-0.05, 0) is 48.7 Å². The second-order valence-corrected chi connectivity index (χ2v) is 8.85. The summed E-state index contributed by atoms with van der Waals surface area (Å²) in [4.78, 5) is 43.3. The van der Waals surface area contributed by atoms with Gasteiger partial charge in [0.1, 0.15) is 11.9 Å². The van der Waals surface area contributed by atoms with Crippen LogP contribution in [0.25, 0.3) is 17.1 Å². The maximum atomic E-state index is 13.4. The zero-order valence-electron chi connectivity index (χ0n) is 19.8. The first kappa shape index (κ1) is 24.1. The number of hydrogen-bond acceptors (Lipinski definition) is 5. The maximum absolute atomic E-state index is 13.4. The van der Waals surface area contributed by atoms with Gasteiger partial charge in [-0.25, -0.2) is 14.1 Å². The van der Waals surface area contributed by atoms with E-state index in [1.807, 2.05) is 36.4 Å². The molecule has 37 heavy (non-hydrogen) atoms. The molecule has 2 aromatic carbocycles. The number of hydrogen-bond donors (Lipinski definition) is 2. The van der Waals surface area contributed by atoms with Crippen molar-refractivity contribution < 1.29 is 18.8 Å². The molecular formula is C28H24FN5O3. The second kappa shape index (κ2) is 10.5. The maximum Gasteiger partial charge on any atom is 0.289 e. The summed E-state index contributed by atoms with van der Waals surface area (Å²) in [5.41, 5.74) is 2.41. The molecule has 1 fully saturated rings. The first-order chi connectivity index (χ1) is 18.0. The number of nitrogens with zero attached hydrogens (tertiary/aromatic N) is 3. The average molecular weight is 498 g/mol. The van der Waals surface area contributed by atoms with E-state index in [1.165, 1.54) is 28.9 Å². The van der Waals surface area contributed by atoms with Crippen LogP contribution in [0, 0.1) is 5.82 Å². The normalized spacial score (nSPS) is 13.5. The molecule has 5 rings (SSSR count). The first-order valence-corrected chi connectivity index (χ1v) is 11.9. The summed E-state index contributed by atoms with van der Waals surface area (Å²) in [6.07, 6.45) is 4.91. The Labute approximate surface area is 212 Å². The van der Waals surface area contributed by atoms with Crippen molar-refractivity contribution in [3.63, 3.8) is 0 Å². The number of nitrogens with one attached hydrogen (secondary N) is 2. The van der Waals surface area contributed by atoms with Gasteiger partial charge in [-0.15, -0.1) is 0 Å². The lowest BCUT2D eigenvalue weighted by Crippen LogP contribution is -2.49. The standard InChI is InChI=1S/C28H24FN5O3/c29-20-10-8-18(9-11-20)17-24(25(35)28(37)31-21-12-13-21)32-27(36)22-7-4-15-30-26(22)34-16-14-23(33-34)19-5-2-1-3-6-19/h1-11,14-16,21,24H,12-13,17H2,(H,31,37)(H,32,36)/t24-/m0/s1. The van der Waals surface area contributed by atoms with E-state index in [0.29, 0.717) is 11.3 Å². The van der Waals surface area contributed by atoms with Gasteiger partial charge in [0.15, 0.2) is 5.82 Å². The fourth-order valence-corrected chi connectivity index (χ4v) is 3.91. The van der Waals surface area contributed by atoms with Gasteiger partial charge in [-0.1, -0.05) is 42.5 Å². The Morgan fingerprint density at radius 3 is 2.46 bits per heavy atom. The van der Waals surface area contributed by atoms with E-state index < -0.39 is 29.5 Å². The summed E-state index contributed by atoms with van der Waals surface area (Å²) in [7, 11) is 0. The van der Waals surface area contributed by atoms with Crippen LogP contribution in [0.1, 0.15) is 28.8 Å². The fourth-order valence-electron chi connectivity index (χ4n) is 3.91. The number of pyridine rings is 1. The van der Waals surface area contributed by atoms with Gasteiger partial charge in [-0.3, -0.25) is 14.4 Å². The highest BCUT2D eigenvalue weighted by atomic mass is 19.1. The number of benzene rings is 2. The minimum atomic E-state index is -1.15. The predicted molar refractivity (Wildman–Crippen MR) is 134 cm³/mol. The zero-order chi connectivity index (χ0) is 25.8. The lowest BCUT2D eigenvalue weighted by atomic mass is 10.0. The molecule has 2 aromatic heterocycles. The monoisotopic (exact) mass is 497 g/mol. The molecule has 1 saturated carbocycles. The van der Waals surface area contributed by atoms with E-state index in [9.17, 15) is 18.8 Å². The second-order valence-electron chi connectivity index (χ2n) is 8.85. The van der Waals surface area contributed by atoms with Crippen LogP contribution in [0.4, 0.5) is 4.39 Å². The third-order valence-corrected chi connectivity index (χ3v) is 6.02.